The number of carboxylic acid groups (broad SMARTS) is 1. The second kappa shape index (κ2) is 11.4. The van der Waals surface area contributed by atoms with Crippen molar-refractivity contribution in [3.05, 3.63) is 111 Å². The van der Waals surface area contributed by atoms with Gasteiger partial charge in [0, 0.05) is 35.3 Å². The van der Waals surface area contributed by atoms with Crippen LogP contribution < -0.4 is 19.9 Å². The zero-order valence-electron chi connectivity index (χ0n) is 25.5. The molecule has 11 nitrogen and oxygen atoms in total. The van der Waals surface area contributed by atoms with Crippen molar-refractivity contribution in [2.24, 2.45) is 0 Å². The lowest BCUT2D eigenvalue weighted by Crippen LogP contribution is -2.29. The number of aromatic nitrogens is 2. The summed E-state index contributed by atoms with van der Waals surface area (Å²) in [6.45, 7) is 0.441. The van der Waals surface area contributed by atoms with Crippen LogP contribution in [0.15, 0.2) is 83.7 Å². The Balaban J connectivity index is 1.43. The summed E-state index contributed by atoms with van der Waals surface area (Å²) in [5.41, 5.74) is 6.23. The van der Waals surface area contributed by atoms with Gasteiger partial charge >= 0.3 is 5.97 Å². The van der Waals surface area contributed by atoms with E-state index in [1.807, 2.05) is 52.9 Å². The maximum atomic E-state index is 13.7. The van der Waals surface area contributed by atoms with Crippen molar-refractivity contribution in [3.8, 4) is 16.9 Å². The van der Waals surface area contributed by atoms with Crippen LogP contribution in [0.5, 0.6) is 5.75 Å². The number of carbonyl (C=O) groups excluding carboxylic acids is 1. The number of H-pyrrole nitrogens is 1. The molecule has 0 atom stereocenters. The molecular weight excluding hydrogens is 620 g/mol. The summed E-state index contributed by atoms with van der Waals surface area (Å²) in [6, 6.07) is 23.5. The van der Waals surface area contributed by atoms with E-state index in [0.29, 0.717) is 57.6 Å². The molecule has 47 heavy (non-hydrogen) atoms. The number of carboxylic acids is 1. The molecule has 0 saturated carbocycles. The number of methoxy groups -OCH3 is 1. The number of nitrogens with one attached hydrogen (secondary N) is 2. The van der Waals surface area contributed by atoms with E-state index in [2.05, 4.69) is 9.71 Å². The van der Waals surface area contributed by atoms with E-state index in [-0.39, 0.29) is 24.4 Å². The Morgan fingerprint density at radius 2 is 1.74 bits per heavy atom. The minimum Gasteiger partial charge on any atom is -0.497 e. The van der Waals surface area contributed by atoms with Crippen LogP contribution in [0, 0.1) is 0 Å². The summed E-state index contributed by atoms with van der Waals surface area (Å²) >= 11 is 0. The Hall–Kier alpha value is -5.46. The lowest BCUT2D eigenvalue weighted by atomic mass is 9.94. The van der Waals surface area contributed by atoms with Crippen molar-refractivity contribution < 1.29 is 27.9 Å². The van der Waals surface area contributed by atoms with E-state index in [1.165, 1.54) is 0 Å². The smallest absolute Gasteiger partial charge is 0.307 e. The summed E-state index contributed by atoms with van der Waals surface area (Å²) in [4.78, 5) is 43.5. The molecule has 0 radical (unpaired) electrons. The molecule has 1 aliphatic rings. The highest BCUT2D eigenvalue weighted by molar-refractivity contribution is 7.88. The molecule has 7 rings (SSSR count). The number of carbonyl (C=O) groups is 2. The highest BCUT2D eigenvalue weighted by Gasteiger charge is 2.29. The van der Waals surface area contributed by atoms with Gasteiger partial charge in [-0.1, -0.05) is 24.3 Å². The van der Waals surface area contributed by atoms with Crippen molar-refractivity contribution in [1.29, 1.82) is 0 Å². The number of ether oxygens (including phenoxy) is 1. The Morgan fingerprint density at radius 1 is 0.979 bits per heavy atom. The first-order chi connectivity index (χ1) is 22.5. The van der Waals surface area contributed by atoms with Gasteiger partial charge in [0.05, 0.1) is 36.2 Å². The molecule has 3 heterocycles. The molecule has 0 aliphatic carbocycles. The first-order valence-electron chi connectivity index (χ1n) is 14.9. The Kier molecular flexibility index (Phi) is 7.33. The van der Waals surface area contributed by atoms with Gasteiger partial charge in [0.15, 0.2) is 0 Å². The van der Waals surface area contributed by atoms with Crippen molar-refractivity contribution in [2.45, 2.75) is 19.4 Å². The van der Waals surface area contributed by atoms with Crippen LogP contribution in [-0.4, -0.2) is 54.7 Å². The molecule has 2 aromatic heterocycles. The second-order valence-electron chi connectivity index (χ2n) is 11.6. The number of anilines is 1. The number of amides is 1. The van der Waals surface area contributed by atoms with Gasteiger partial charge in [-0.3, -0.25) is 18.8 Å². The predicted octanol–water partition coefficient (Wildman–Crippen LogP) is 4.49. The molecular formula is C35H30N4O7S. The molecule has 0 unspecified atom stereocenters. The fourth-order valence-electron chi connectivity index (χ4n) is 6.51. The molecule has 0 spiro atoms. The number of benzene rings is 4. The second-order valence-corrected chi connectivity index (χ2v) is 13.4. The first kappa shape index (κ1) is 30.2. The van der Waals surface area contributed by atoms with Gasteiger partial charge in [0.1, 0.15) is 11.4 Å². The number of para-hydroxylation sites is 1. The van der Waals surface area contributed by atoms with Crippen LogP contribution in [0.4, 0.5) is 5.69 Å². The lowest BCUT2D eigenvalue weighted by molar-refractivity contribution is -0.136. The zero-order valence-corrected chi connectivity index (χ0v) is 26.3. The number of aliphatic carboxylic acids is 1. The number of aromatic amines is 1. The van der Waals surface area contributed by atoms with E-state index in [0.717, 1.165) is 33.8 Å². The number of fused-ring (bicyclic) bond motifs is 6. The summed E-state index contributed by atoms with van der Waals surface area (Å²) in [5.74, 6) is -0.571. The maximum Gasteiger partial charge on any atom is 0.307 e. The van der Waals surface area contributed by atoms with Crippen LogP contribution in [0.3, 0.4) is 0 Å². The van der Waals surface area contributed by atoms with Crippen LogP contribution in [0.25, 0.3) is 38.6 Å². The average Bonchev–Trinajstić information content (AvgIpc) is 3.62. The number of nitrogens with zero attached hydrogens (tertiary/aromatic N) is 2. The fraction of sp³-hybridized carbons (Fsp3) is 0.171. The molecule has 0 fully saturated rings. The third kappa shape index (κ3) is 5.41. The number of rotatable bonds is 8. The standard InChI is InChI=1S/C35H30N4O7S/c1-46-23-10-7-21(8-11-23)35(43)38-14-13-25-27(15-20(16-30(25)38)19-36-47(2,44)45)22-9-12-26-31(17-22)39-29-6-4-3-5-24(29)28(18-32(40)41)33(39)37-34(26)42/h3-12,15-17,36H,13-14,18-19H2,1-2H3,(H,37,42)(H,40,41). The number of hydrogen-bond acceptors (Lipinski definition) is 6. The molecule has 6 aromatic rings. The largest absolute Gasteiger partial charge is 0.497 e. The van der Waals surface area contributed by atoms with Gasteiger partial charge < -0.3 is 19.7 Å². The third-order valence-corrected chi connectivity index (χ3v) is 9.29. The van der Waals surface area contributed by atoms with Gasteiger partial charge in [-0.15, -0.1) is 0 Å². The monoisotopic (exact) mass is 650 g/mol. The van der Waals surface area contributed by atoms with Crippen molar-refractivity contribution in [3.63, 3.8) is 0 Å². The average molecular weight is 651 g/mol. The topological polar surface area (TPSA) is 150 Å². The van der Waals surface area contributed by atoms with Crippen LogP contribution in [0.1, 0.15) is 27.0 Å². The highest BCUT2D eigenvalue weighted by Crippen LogP contribution is 2.40. The van der Waals surface area contributed by atoms with E-state index in [9.17, 15) is 27.9 Å². The third-order valence-electron chi connectivity index (χ3n) is 8.62. The minimum absolute atomic E-state index is 0.0158. The zero-order chi connectivity index (χ0) is 33.0. The summed E-state index contributed by atoms with van der Waals surface area (Å²) in [6.07, 6.45) is 1.39. The first-order valence-corrected chi connectivity index (χ1v) is 16.8. The van der Waals surface area contributed by atoms with Gasteiger partial charge in [0.2, 0.25) is 10.0 Å². The molecule has 1 amide bonds. The normalized spacial score (nSPS) is 13.0. The molecule has 238 valence electrons. The summed E-state index contributed by atoms with van der Waals surface area (Å²) in [7, 11) is -1.95. The van der Waals surface area contributed by atoms with Gasteiger partial charge in [-0.25, -0.2) is 13.1 Å². The van der Waals surface area contributed by atoms with E-state index in [1.54, 1.807) is 42.3 Å². The van der Waals surface area contributed by atoms with Crippen LogP contribution in [-0.2, 0) is 34.2 Å². The lowest BCUT2D eigenvalue weighted by Gasteiger charge is -2.20. The van der Waals surface area contributed by atoms with E-state index < -0.39 is 16.0 Å². The predicted molar refractivity (Wildman–Crippen MR) is 180 cm³/mol. The maximum absolute atomic E-state index is 13.7. The van der Waals surface area contributed by atoms with Crippen molar-refractivity contribution in [1.82, 2.24) is 14.1 Å². The van der Waals surface area contributed by atoms with Crippen LogP contribution in [0.2, 0.25) is 0 Å². The number of sulfonamides is 1. The molecule has 4 aromatic carbocycles. The van der Waals surface area contributed by atoms with Gasteiger partial charge in [0.25, 0.3) is 11.5 Å². The molecule has 3 N–H and O–H groups in total. The quantitative estimate of drug-likeness (QED) is 0.220. The highest BCUT2D eigenvalue weighted by atomic mass is 32.2. The SMILES string of the molecule is COc1ccc(C(=O)N2CCc3c(-c4ccc5c(=O)[nH]c6c(CC(=O)O)c7ccccc7n6c5c4)cc(CNS(C)(=O)=O)cc32)cc1. The van der Waals surface area contributed by atoms with Gasteiger partial charge in [-0.2, -0.15) is 0 Å². The van der Waals surface area contributed by atoms with E-state index in [4.69, 9.17) is 4.74 Å². The molecule has 1 aliphatic heterocycles. The van der Waals surface area contributed by atoms with Crippen LogP contribution >= 0.6 is 0 Å². The Bertz CT molecular complexity index is 2430. The van der Waals surface area contributed by atoms with Crippen molar-refractivity contribution in [2.75, 3.05) is 24.8 Å². The minimum atomic E-state index is -3.50. The summed E-state index contributed by atoms with van der Waals surface area (Å²) in [5, 5.41) is 10.8. The molecule has 0 bridgehead atoms. The number of hydrogen-bond donors (Lipinski definition) is 3. The molecule has 12 heteroatoms. The Morgan fingerprint density at radius 3 is 2.47 bits per heavy atom. The fourth-order valence-corrected chi connectivity index (χ4v) is 6.94. The Labute approximate surface area is 269 Å². The summed E-state index contributed by atoms with van der Waals surface area (Å²) < 4.78 is 33.7. The molecule has 0 saturated heterocycles. The van der Waals surface area contributed by atoms with Crippen molar-refractivity contribution >= 4 is 55.0 Å². The van der Waals surface area contributed by atoms with E-state index >= 15 is 0 Å². The van der Waals surface area contributed by atoms with Gasteiger partial charge in [-0.05, 0) is 83.3 Å².